The number of rotatable bonds is 5. The average Bonchev–Trinajstić information content (AvgIpc) is 2.76. The number of aliphatic hydroxyl groups is 1. The van der Waals surface area contributed by atoms with Crippen molar-refractivity contribution < 1.29 is 19.3 Å². The first kappa shape index (κ1) is 12.3. The number of carbonyl (C=O) groups excluding carboxylic acids is 1. The third-order valence-corrected chi connectivity index (χ3v) is 2.73. The Morgan fingerprint density at radius 3 is 3.00 bits per heavy atom. The topological polar surface area (TPSA) is 139 Å². The first-order chi connectivity index (χ1) is 8.63. The maximum Gasteiger partial charge on any atom is 0.287 e. The van der Waals surface area contributed by atoms with Gasteiger partial charge in [0, 0.05) is 6.54 Å². The molecule has 0 unspecified atom stereocenters. The number of likely N-dealkylation sites (tertiary alicyclic amines) is 1. The van der Waals surface area contributed by atoms with Crippen LogP contribution in [0.3, 0.4) is 0 Å². The summed E-state index contributed by atoms with van der Waals surface area (Å²) in [7, 11) is 0. The number of hydrogen-bond donors (Lipinski definition) is 3. The van der Waals surface area contributed by atoms with Gasteiger partial charge in [-0.3, -0.25) is 10.2 Å². The van der Waals surface area contributed by atoms with E-state index in [1.807, 2.05) is 0 Å². The molecular weight excluding hydrogens is 242 g/mol. The Morgan fingerprint density at radius 1 is 1.67 bits per heavy atom. The van der Waals surface area contributed by atoms with Gasteiger partial charge in [0.25, 0.3) is 5.88 Å². The normalized spacial score (nSPS) is 18.3. The lowest BCUT2D eigenvalue weighted by molar-refractivity contribution is -0.143. The van der Waals surface area contributed by atoms with Gasteiger partial charge in [-0.15, -0.1) is 0 Å². The molecular formula is C9H13N5O4. The molecule has 4 N–H and O–H groups in total. The van der Waals surface area contributed by atoms with Gasteiger partial charge >= 0.3 is 0 Å². The highest BCUT2D eigenvalue weighted by Crippen LogP contribution is 2.19. The lowest BCUT2D eigenvalue weighted by Gasteiger charge is -2.40. The Balaban J connectivity index is 1.90. The average molecular weight is 255 g/mol. The van der Waals surface area contributed by atoms with Crippen LogP contribution in [0.2, 0.25) is 0 Å². The second-order valence-electron chi connectivity index (χ2n) is 3.83. The Kier molecular flexibility index (Phi) is 3.42. The summed E-state index contributed by atoms with van der Waals surface area (Å²) in [5, 5.41) is 22.9. The maximum atomic E-state index is 11.3. The van der Waals surface area contributed by atoms with Gasteiger partial charge in [0.2, 0.25) is 11.6 Å². The molecule has 2 heterocycles. The number of nitrogen functional groups attached to an aromatic ring is 1. The van der Waals surface area contributed by atoms with Gasteiger partial charge in [0.1, 0.15) is 13.2 Å². The van der Waals surface area contributed by atoms with Crippen LogP contribution in [-0.4, -0.2) is 57.9 Å². The molecule has 9 heteroatoms. The SMILES string of the molecule is N=C(N)c1nonc1OC[C@@H]1CCN1C(=O)CO. The Hall–Kier alpha value is -2.16. The van der Waals surface area contributed by atoms with E-state index in [9.17, 15) is 4.79 Å². The lowest BCUT2D eigenvalue weighted by Crippen LogP contribution is -2.54. The summed E-state index contributed by atoms with van der Waals surface area (Å²) in [5.41, 5.74) is 5.29. The molecule has 1 aromatic rings. The first-order valence-corrected chi connectivity index (χ1v) is 5.33. The Labute approximate surface area is 102 Å². The van der Waals surface area contributed by atoms with Crippen LogP contribution in [0.15, 0.2) is 4.63 Å². The quantitative estimate of drug-likeness (QED) is 0.422. The second-order valence-corrected chi connectivity index (χ2v) is 3.83. The van der Waals surface area contributed by atoms with Crippen molar-refractivity contribution in [3.05, 3.63) is 5.69 Å². The zero-order valence-corrected chi connectivity index (χ0v) is 9.50. The highest BCUT2D eigenvalue weighted by molar-refractivity contribution is 5.94. The molecule has 9 nitrogen and oxygen atoms in total. The number of aliphatic hydroxyl groups excluding tert-OH is 1. The van der Waals surface area contributed by atoms with Crippen molar-refractivity contribution in [1.29, 1.82) is 5.41 Å². The highest BCUT2D eigenvalue weighted by Gasteiger charge is 2.32. The van der Waals surface area contributed by atoms with Crippen LogP contribution in [0.1, 0.15) is 12.1 Å². The Morgan fingerprint density at radius 2 is 2.44 bits per heavy atom. The summed E-state index contributed by atoms with van der Waals surface area (Å²) >= 11 is 0. The fourth-order valence-electron chi connectivity index (χ4n) is 1.65. The van der Waals surface area contributed by atoms with E-state index in [0.29, 0.717) is 6.54 Å². The molecule has 18 heavy (non-hydrogen) atoms. The number of carbonyl (C=O) groups is 1. The van der Waals surface area contributed by atoms with Gasteiger partial charge in [-0.1, -0.05) is 0 Å². The number of amides is 1. The number of nitrogens with zero attached hydrogens (tertiary/aromatic N) is 3. The van der Waals surface area contributed by atoms with E-state index < -0.39 is 6.61 Å². The van der Waals surface area contributed by atoms with E-state index in [-0.39, 0.29) is 36.0 Å². The van der Waals surface area contributed by atoms with Crippen LogP contribution < -0.4 is 10.5 Å². The molecule has 1 aromatic heterocycles. The molecule has 1 fully saturated rings. The van der Waals surface area contributed by atoms with Crippen molar-refractivity contribution in [3.63, 3.8) is 0 Å². The van der Waals surface area contributed by atoms with E-state index >= 15 is 0 Å². The van der Waals surface area contributed by atoms with Crippen LogP contribution >= 0.6 is 0 Å². The van der Waals surface area contributed by atoms with Gasteiger partial charge < -0.3 is 20.5 Å². The number of nitrogens with one attached hydrogen (secondary N) is 1. The molecule has 0 radical (unpaired) electrons. The van der Waals surface area contributed by atoms with Gasteiger partial charge in [0.05, 0.1) is 6.04 Å². The molecule has 1 aliphatic heterocycles. The first-order valence-electron chi connectivity index (χ1n) is 5.33. The summed E-state index contributed by atoms with van der Waals surface area (Å²) in [4.78, 5) is 12.8. The predicted octanol–water partition coefficient (Wildman–Crippen LogP) is -1.67. The molecule has 0 saturated carbocycles. The van der Waals surface area contributed by atoms with Crippen molar-refractivity contribution in [2.45, 2.75) is 12.5 Å². The van der Waals surface area contributed by atoms with Crippen LogP contribution in [0.4, 0.5) is 0 Å². The van der Waals surface area contributed by atoms with Gasteiger partial charge in [-0.25, -0.2) is 4.63 Å². The third-order valence-electron chi connectivity index (χ3n) is 2.73. The number of hydrogen-bond acceptors (Lipinski definition) is 7. The lowest BCUT2D eigenvalue weighted by atomic mass is 10.0. The highest BCUT2D eigenvalue weighted by atomic mass is 16.6. The summed E-state index contributed by atoms with van der Waals surface area (Å²) < 4.78 is 9.72. The molecule has 0 aromatic carbocycles. The summed E-state index contributed by atoms with van der Waals surface area (Å²) in [5.74, 6) is -0.603. The van der Waals surface area contributed by atoms with Crippen molar-refractivity contribution in [3.8, 4) is 5.88 Å². The van der Waals surface area contributed by atoms with Gasteiger partial charge in [0.15, 0.2) is 5.84 Å². The van der Waals surface area contributed by atoms with Crippen LogP contribution in [0.25, 0.3) is 0 Å². The predicted molar refractivity (Wildman–Crippen MR) is 58.0 cm³/mol. The summed E-state index contributed by atoms with van der Waals surface area (Å²) in [6, 6.07) is -0.110. The van der Waals surface area contributed by atoms with Crippen LogP contribution in [-0.2, 0) is 4.79 Å². The zero-order valence-electron chi connectivity index (χ0n) is 9.50. The monoisotopic (exact) mass is 255 g/mol. The second kappa shape index (κ2) is 5.00. The van der Waals surface area contributed by atoms with Crippen molar-refractivity contribution >= 4 is 11.7 Å². The van der Waals surface area contributed by atoms with Crippen molar-refractivity contribution in [2.75, 3.05) is 19.8 Å². The molecule has 0 bridgehead atoms. The molecule has 1 saturated heterocycles. The largest absolute Gasteiger partial charge is 0.472 e. The fraction of sp³-hybridized carbons (Fsp3) is 0.556. The summed E-state index contributed by atoms with van der Waals surface area (Å²) in [6.07, 6.45) is 0.784. The minimum absolute atomic E-state index is 0.0331. The smallest absolute Gasteiger partial charge is 0.287 e. The molecule has 0 aliphatic carbocycles. The van der Waals surface area contributed by atoms with Gasteiger partial charge in [-0.2, -0.15) is 0 Å². The number of nitrogens with two attached hydrogens (primary N) is 1. The van der Waals surface area contributed by atoms with Crippen molar-refractivity contribution in [2.24, 2.45) is 5.73 Å². The number of aromatic nitrogens is 2. The van der Waals surface area contributed by atoms with E-state index in [1.165, 1.54) is 4.90 Å². The number of amidine groups is 1. The maximum absolute atomic E-state index is 11.3. The minimum atomic E-state index is -0.513. The fourth-order valence-corrected chi connectivity index (χ4v) is 1.65. The molecule has 1 aliphatic rings. The third kappa shape index (κ3) is 2.25. The Bertz CT molecular complexity index is 460. The number of ether oxygens (including phenoxy) is 1. The summed E-state index contributed by atoms with van der Waals surface area (Å²) in [6.45, 7) is 0.283. The van der Waals surface area contributed by atoms with Crippen LogP contribution in [0, 0.1) is 5.41 Å². The standard InChI is InChI=1S/C9H13N5O4/c10-8(11)7-9(13-18-12-7)17-4-5-1-2-14(5)6(16)3-15/h5,15H,1-4H2,(H3,10,11)/t5-/m0/s1. The minimum Gasteiger partial charge on any atom is -0.472 e. The van der Waals surface area contributed by atoms with Gasteiger partial charge in [-0.05, 0) is 16.7 Å². The van der Waals surface area contributed by atoms with E-state index in [1.54, 1.807) is 0 Å². The van der Waals surface area contributed by atoms with Crippen molar-refractivity contribution in [1.82, 2.24) is 15.2 Å². The van der Waals surface area contributed by atoms with E-state index in [2.05, 4.69) is 14.9 Å². The molecule has 1 amide bonds. The zero-order chi connectivity index (χ0) is 13.1. The van der Waals surface area contributed by atoms with E-state index in [0.717, 1.165) is 6.42 Å². The molecule has 1 atom stereocenters. The van der Waals surface area contributed by atoms with Crippen LogP contribution in [0.5, 0.6) is 5.88 Å². The van der Waals surface area contributed by atoms with E-state index in [4.69, 9.17) is 21.0 Å². The molecule has 0 spiro atoms. The molecule has 2 rings (SSSR count). The molecule has 98 valence electrons.